The summed E-state index contributed by atoms with van der Waals surface area (Å²) in [5.41, 5.74) is 13.8. The summed E-state index contributed by atoms with van der Waals surface area (Å²) < 4.78 is 11.4. The molecule has 0 bridgehead atoms. The van der Waals surface area contributed by atoms with E-state index in [1.54, 1.807) is 0 Å². The highest BCUT2D eigenvalue weighted by Gasteiger charge is 2.19. The van der Waals surface area contributed by atoms with Gasteiger partial charge in [0.25, 0.3) is 0 Å². The predicted molar refractivity (Wildman–Crippen MR) is 219 cm³/mol. The van der Waals surface area contributed by atoms with E-state index in [4.69, 9.17) is 9.40 Å². The quantitative estimate of drug-likeness (QED) is 0.182. The molecule has 11 rings (SSSR count). The Bertz CT molecular complexity index is 2940. The molecule has 53 heavy (non-hydrogen) atoms. The zero-order chi connectivity index (χ0) is 34.9. The van der Waals surface area contributed by atoms with Crippen LogP contribution in [0.15, 0.2) is 192 Å². The molecule has 248 valence electrons. The standard InChI is InChI=1S/C49H31N3O/c1-2-13-32(14-3-1)33-15-12-16-34(27-33)35-25-26-43-48(30-35)53-49(50-43)36-28-37(51-44-21-8-4-17-39(44)40-18-5-9-22-45(40)51)31-38(29-36)52-46-23-10-6-19-41(46)42-20-7-11-24-47(42)52/h1-31H. The van der Waals surface area contributed by atoms with Gasteiger partial charge in [-0.3, -0.25) is 0 Å². The molecule has 0 aliphatic rings. The van der Waals surface area contributed by atoms with Crippen LogP contribution in [0.25, 0.3) is 99.8 Å². The summed E-state index contributed by atoms with van der Waals surface area (Å²) >= 11 is 0. The number of benzene rings is 8. The molecule has 8 aromatic carbocycles. The number of nitrogens with zero attached hydrogens (tertiary/aromatic N) is 3. The van der Waals surface area contributed by atoms with Crippen LogP contribution in [0.2, 0.25) is 0 Å². The van der Waals surface area contributed by atoms with Gasteiger partial charge in [0, 0.05) is 38.5 Å². The van der Waals surface area contributed by atoms with Gasteiger partial charge in [-0.25, -0.2) is 4.98 Å². The van der Waals surface area contributed by atoms with Crippen LogP contribution in [-0.4, -0.2) is 14.1 Å². The summed E-state index contributed by atoms with van der Waals surface area (Å²) in [4.78, 5) is 5.09. The lowest BCUT2D eigenvalue weighted by atomic mass is 9.99. The van der Waals surface area contributed by atoms with E-state index in [0.717, 1.165) is 61.2 Å². The number of fused-ring (bicyclic) bond motifs is 7. The van der Waals surface area contributed by atoms with Crippen LogP contribution < -0.4 is 0 Å². The molecule has 0 N–H and O–H groups in total. The maximum absolute atomic E-state index is 6.70. The maximum atomic E-state index is 6.70. The van der Waals surface area contributed by atoms with Crippen molar-refractivity contribution in [2.45, 2.75) is 0 Å². The van der Waals surface area contributed by atoms with E-state index < -0.39 is 0 Å². The number of rotatable bonds is 5. The Kier molecular flexibility index (Phi) is 6.52. The van der Waals surface area contributed by atoms with Crippen LogP contribution >= 0.6 is 0 Å². The van der Waals surface area contributed by atoms with E-state index in [2.05, 4.69) is 191 Å². The van der Waals surface area contributed by atoms with Crippen LogP contribution in [0.1, 0.15) is 0 Å². The second-order valence-electron chi connectivity index (χ2n) is 13.6. The molecule has 4 nitrogen and oxygen atoms in total. The second-order valence-corrected chi connectivity index (χ2v) is 13.6. The Hall–Kier alpha value is -7.17. The molecular formula is C49H31N3O. The maximum Gasteiger partial charge on any atom is 0.227 e. The van der Waals surface area contributed by atoms with Gasteiger partial charge < -0.3 is 13.6 Å². The van der Waals surface area contributed by atoms with Crippen molar-refractivity contribution in [2.24, 2.45) is 0 Å². The van der Waals surface area contributed by atoms with Gasteiger partial charge in [-0.15, -0.1) is 0 Å². The van der Waals surface area contributed by atoms with E-state index >= 15 is 0 Å². The molecule has 0 spiro atoms. The predicted octanol–water partition coefficient (Wildman–Crippen LogP) is 13.0. The second kappa shape index (κ2) is 11.7. The SMILES string of the molecule is c1ccc(-c2cccc(-c3ccc4nc(-c5cc(-n6c7ccccc7c7ccccc76)cc(-n6c7ccccc7c7ccccc76)c5)oc4c3)c2)cc1. The number of aromatic nitrogens is 3. The minimum atomic E-state index is 0.583. The molecule has 3 heterocycles. The molecule has 4 heteroatoms. The van der Waals surface area contributed by atoms with Crippen molar-refractivity contribution < 1.29 is 4.42 Å². The smallest absolute Gasteiger partial charge is 0.227 e. The van der Waals surface area contributed by atoms with E-state index in [9.17, 15) is 0 Å². The van der Waals surface area contributed by atoms with E-state index in [1.807, 2.05) is 6.07 Å². The summed E-state index contributed by atoms with van der Waals surface area (Å²) in [5.74, 6) is 0.583. The fourth-order valence-electron chi connectivity index (χ4n) is 8.11. The Balaban J connectivity index is 1.13. The lowest BCUT2D eigenvalue weighted by molar-refractivity contribution is 0.620. The highest BCUT2D eigenvalue weighted by molar-refractivity contribution is 6.10. The minimum Gasteiger partial charge on any atom is -0.436 e. The van der Waals surface area contributed by atoms with E-state index in [0.29, 0.717) is 5.89 Å². The van der Waals surface area contributed by atoms with Gasteiger partial charge in [-0.05, 0) is 82.9 Å². The lowest BCUT2D eigenvalue weighted by Gasteiger charge is -2.14. The number of hydrogen-bond donors (Lipinski definition) is 0. The first-order chi connectivity index (χ1) is 26.3. The van der Waals surface area contributed by atoms with Crippen LogP contribution in [-0.2, 0) is 0 Å². The van der Waals surface area contributed by atoms with Crippen molar-refractivity contribution in [3.05, 3.63) is 188 Å². The molecule has 0 unspecified atom stereocenters. The number of hydrogen-bond acceptors (Lipinski definition) is 2. The summed E-state index contributed by atoms with van der Waals surface area (Å²) in [6.45, 7) is 0. The van der Waals surface area contributed by atoms with Crippen molar-refractivity contribution in [3.8, 4) is 45.1 Å². The number of oxazole rings is 1. The first kappa shape index (κ1) is 29.5. The minimum absolute atomic E-state index is 0.583. The Morgan fingerprint density at radius 1 is 0.340 bits per heavy atom. The zero-order valence-electron chi connectivity index (χ0n) is 28.6. The summed E-state index contributed by atoms with van der Waals surface area (Å²) in [6.07, 6.45) is 0. The third-order valence-corrected chi connectivity index (χ3v) is 10.5. The molecule has 11 aromatic rings. The van der Waals surface area contributed by atoms with E-state index in [-0.39, 0.29) is 0 Å². The molecule has 0 aliphatic heterocycles. The van der Waals surface area contributed by atoms with Gasteiger partial charge in [0.1, 0.15) is 5.52 Å². The monoisotopic (exact) mass is 677 g/mol. The third-order valence-electron chi connectivity index (χ3n) is 10.5. The van der Waals surface area contributed by atoms with Crippen LogP contribution in [0.4, 0.5) is 0 Å². The Morgan fingerprint density at radius 2 is 0.792 bits per heavy atom. The normalized spacial score (nSPS) is 11.8. The van der Waals surface area contributed by atoms with Gasteiger partial charge in [0.2, 0.25) is 5.89 Å². The van der Waals surface area contributed by atoms with Crippen LogP contribution in [0.3, 0.4) is 0 Å². The lowest BCUT2D eigenvalue weighted by Crippen LogP contribution is -2.00. The first-order valence-corrected chi connectivity index (χ1v) is 18.0. The average Bonchev–Trinajstić information content (AvgIpc) is 3.91. The zero-order valence-corrected chi connectivity index (χ0v) is 28.6. The van der Waals surface area contributed by atoms with Crippen molar-refractivity contribution in [1.82, 2.24) is 14.1 Å². The molecule has 0 fully saturated rings. The van der Waals surface area contributed by atoms with Gasteiger partial charge >= 0.3 is 0 Å². The summed E-state index contributed by atoms with van der Waals surface area (Å²) in [6, 6.07) is 66.8. The molecule has 0 amide bonds. The highest BCUT2D eigenvalue weighted by Crippen LogP contribution is 2.38. The summed E-state index contributed by atoms with van der Waals surface area (Å²) in [7, 11) is 0. The highest BCUT2D eigenvalue weighted by atomic mass is 16.3. The third kappa shape index (κ3) is 4.73. The fraction of sp³-hybridized carbons (Fsp3) is 0. The van der Waals surface area contributed by atoms with Crippen LogP contribution in [0, 0.1) is 0 Å². The van der Waals surface area contributed by atoms with Gasteiger partial charge in [-0.2, -0.15) is 0 Å². The van der Waals surface area contributed by atoms with Gasteiger partial charge in [0.15, 0.2) is 5.58 Å². The Morgan fingerprint density at radius 3 is 1.34 bits per heavy atom. The van der Waals surface area contributed by atoms with Crippen LogP contribution in [0.5, 0.6) is 0 Å². The van der Waals surface area contributed by atoms with E-state index in [1.165, 1.54) is 32.7 Å². The topological polar surface area (TPSA) is 35.9 Å². The van der Waals surface area contributed by atoms with Crippen molar-refractivity contribution >= 4 is 54.7 Å². The van der Waals surface area contributed by atoms with Gasteiger partial charge in [0.05, 0.1) is 22.1 Å². The molecule has 3 aromatic heterocycles. The molecule has 0 atom stereocenters. The number of para-hydroxylation sites is 4. The van der Waals surface area contributed by atoms with Crippen molar-refractivity contribution in [2.75, 3.05) is 0 Å². The molecule has 0 saturated heterocycles. The molecule has 0 radical (unpaired) electrons. The molecular weight excluding hydrogens is 647 g/mol. The molecule has 0 aliphatic carbocycles. The molecule has 0 saturated carbocycles. The Labute approximate surface area is 305 Å². The fourth-order valence-corrected chi connectivity index (χ4v) is 8.11. The largest absolute Gasteiger partial charge is 0.436 e. The summed E-state index contributed by atoms with van der Waals surface area (Å²) in [5, 5.41) is 4.88. The first-order valence-electron chi connectivity index (χ1n) is 18.0. The van der Waals surface area contributed by atoms with Crippen molar-refractivity contribution in [1.29, 1.82) is 0 Å². The average molecular weight is 678 g/mol. The van der Waals surface area contributed by atoms with Crippen molar-refractivity contribution in [3.63, 3.8) is 0 Å². The van der Waals surface area contributed by atoms with Gasteiger partial charge in [-0.1, -0.05) is 127 Å².